The Morgan fingerprint density at radius 1 is 1.57 bits per heavy atom. The third-order valence-corrected chi connectivity index (χ3v) is 2.20. The van der Waals surface area contributed by atoms with E-state index in [2.05, 4.69) is 10.1 Å². The number of thioether (sulfide) groups is 1. The third kappa shape index (κ3) is 3.02. The molecule has 0 bridgehead atoms. The lowest BCUT2D eigenvalue weighted by Gasteiger charge is -2.10. The topological polar surface area (TPSA) is 76.2 Å². The van der Waals surface area contributed by atoms with Gasteiger partial charge in [0.1, 0.15) is 5.75 Å². The van der Waals surface area contributed by atoms with Gasteiger partial charge >= 0.3 is 5.97 Å². The highest BCUT2D eigenvalue weighted by atomic mass is 32.2. The lowest BCUT2D eigenvalue weighted by molar-refractivity contribution is -0.133. The molecule has 0 radical (unpaired) electrons. The predicted molar refractivity (Wildman–Crippen MR) is 51.4 cm³/mol. The summed E-state index contributed by atoms with van der Waals surface area (Å²) in [4.78, 5) is 14.3. The van der Waals surface area contributed by atoms with Crippen molar-refractivity contribution in [1.29, 1.82) is 0 Å². The van der Waals surface area contributed by atoms with Gasteiger partial charge in [-0.1, -0.05) is 37.7 Å². The molecule has 0 aliphatic heterocycles. The van der Waals surface area contributed by atoms with Crippen LogP contribution >= 0.6 is 11.8 Å². The maximum absolute atomic E-state index is 10.3. The van der Waals surface area contributed by atoms with Gasteiger partial charge < -0.3 is 9.63 Å². The van der Waals surface area contributed by atoms with E-state index in [0.29, 0.717) is 11.0 Å². The molecular formula is C8H12N2O3S. The summed E-state index contributed by atoms with van der Waals surface area (Å²) in [6, 6.07) is 0. The molecule has 1 aromatic rings. The summed E-state index contributed by atoms with van der Waals surface area (Å²) in [5.74, 6) is -0.373. The zero-order valence-corrected chi connectivity index (χ0v) is 9.09. The molecule has 0 unspecified atom stereocenters. The van der Waals surface area contributed by atoms with Gasteiger partial charge in [-0.05, 0) is 0 Å². The number of rotatable bonds is 3. The van der Waals surface area contributed by atoms with Crippen molar-refractivity contribution in [3.63, 3.8) is 0 Å². The Morgan fingerprint density at radius 3 is 2.64 bits per heavy atom. The van der Waals surface area contributed by atoms with Gasteiger partial charge in [-0.15, -0.1) is 0 Å². The van der Waals surface area contributed by atoms with Crippen molar-refractivity contribution < 1.29 is 14.4 Å². The van der Waals surface area contributed by atoms with Crippen molar-refractivity contribution in [2.75, 3.05) is 5.75 Å². The van der Waals surface area contributed by atoms with Crippen LogP contribution in [-0.2, 0) is 10.2 Å². The molecule has 0 spiro atoms. The minimum Gasteiger partial charge on any atom is -0.481 e. The molecule has 0 fully saturated rings. The van der Waals surface area contributed by atoms with Crippen molar-refractivity contribution in [3.8, 4) is 0 Å². The first-order chi connectivity index (χ1) is 6.39. The molecule has 1 N–H and O–H groups in total. The van der Waals surface area contributed by atoms with E-state index in [1.165, 1.54) is 0 Å². The molecular weight excluding hydrogens is 204 g/mol. The Kier molecular flexibility index (Phi) is 3.15. The second-order valence-electron chi connectivity index (χ2n) is 3.82. The molecule has 6 heteroatoms. The molecule has 1 heterocycles. The highest BCUT2D eigenvalue weighted by Crippen LogP contribution is 2.22. The fraction of sp³-hybridized carbons (Fsp3) is 0.625. The van der Waals surface area contributed by atoms with Crippen LogP contribution in [0.1, 0.15) is 26.6 Å². The molecule has 0 aliphatic rings. The van der Waals surface area contributed by atoms with Crippen LogP contribution in [0.15, 0.2) is 9.75 Å². The van der Waals surface area contributed by atoms with Crippen molar-refractivity contribution >= 4 is 17.7 Å². The quantitative estimate of drug-likeness (QED) is 0.772. The van der Waals surface area contributed by atoms with E-state index in [-0.39, 0.29) is 11.2 Å². The Balaban J connectivity index is 2.64. The molecule has 14 heavy (non-hydrogen) atoms. The van der Waals surface area contributed by atoms with Gasteiger partial charge in [0.2, 0.25) is 0 Å². The third-order valence-electron chi connectivity index (χ3n) is 1.40. The molecule has 0 saturated heterocycles. The fourth-order valence-electron chi connectivity index (χ4n) is 0.696. The van der Waals surface area contributed by atoms with Crippen LogP contribution in [-0.4, -0.2) is 27.0 Å². The van der Waals surface area contributed by atoms with Crippen LogP contribution in [0.4, 0.5) is 0 Å². The second-order valence-corrected chi connectivity index (χ2v) is 4.74. The minimum atomic E-state index is -0.898. The molecule has 0 aliphatic carbocycles. The van der Waals surface area contributed by atoms with Crippen LogP contribution in [0.25, 0.3) is 0 Å². The number of nitrogens with zero attached hydrogens (tertiary/aromatic N) is 2. The number of hydrogen-bond acceptors (Lipinski definition) is 5. The van der Waals surface area contributed by atoms with Gasteiger partial charge in [0.15, 0.2) is 5.82 Å². The van der Waals surface area contributed by atoms with Gasteiger partial charge in [0.25, 0.3) is 5.22 Å². The molecule has 78 valence electrons. The van der Waals surface area contributed by atoms with Gasteiger partial charge in [-0.25, -0.2) is 0 Å². The lowest BCUT2D eigenvalue weighted by Crippen LogP contribution is -2.13. The highest BCUT2D eigenvalue weighted by molar-refractivity contribution is 7.99. The predicted octanol–water partition coefficient (Wildman–Crippen LogP) is 1.54. The average molecular weight is 216 g/mol. The van der Waals surface area contributed by atoms with Crippen molar-refractivity contribution in [1.82, 2.24) is 10.1 Å². The maximum Gasteiger partial charge on any atom is 0.314 e. The van der Waals surface area contributed by atoms with Crippen LogP contribution in [0.5, 0.6) is 0 Å². The lowest BCUT2D eigenvalue weighted by atomic mass is 9.96. The second kappa shape index (κ2) is 4.00. The summed E-state index contributed by atoms with van der Waals surface area (Å²) in [6.45, 7) is 5.89. The number of carboxylic acid groups (broad SMARTS) is 1. The number of aliphatic carboxylic acids is 1. The smallest absolute Gasteiger partial charge is 0.314 e. The van der Waals surface area contributed by atoms with Gasteiger partial charge in [0, 0.05) is 5.41 Å². The van der Waals surface area contributed by atoms with Gasteiger partial charge in [0.05, 0.1) is 0 Å². The minimum absolute atomic E-state index is 0.0637. The van der Waals surface area contributed by atoms with Crippen LogP contribution in [0, 0.1) is 0 Å². The monoisotopic (exact) mass is 216 g/mol. The van der Waals surface area contributed by atoms with E-state index in [1.807, 2.05) is 20.8 Å². The Hall–Kier alpha value is -1.04. The number of hydrogen-bond donors (Lipinski definition) is 1. The van der Waals surface area contributed by atoms with Crippen molar-refractivity contribution in [2.45, 2.75) is 31.4 Å². The molecule has 0 atom stereocenters. The van der Waals surface area contributed by atoms with E-state index in [9.17, 15) is 4.79 Å². The fourth-order valence-corrected chi connectivity index (χ4v) is 1.18. The molecule has 0 saturated carbocycles. The first-order valence-corrected chi connectivity index (χ1v) is 5.07. The van der Waals surface area contributed by atoms with E-state index in [0.717, 1.165) is 11.8 Å². The summed E-state index contributed by atoms with van der Waals surface area (Å²) < 4.78 is 4.88. The molecule has 1 rings (SSSR count). The summed E-state index contributed by atoms with van der Waals surface area (Å²) in [6.07, 6.45) is 0. The van der Waals surface area contributed by atoms with Crippen molar-refractivity contribution in [2.24, 2.45) is 0 Å². The standard InChI is InChI=1S/C8H12N2O3S/c1-8(2,3)6-9-7(13-10-6)14-4-5(11)12/h4H2,1-3H3,(H,11,12). The number of carboxylic acids is 1. The summed E-state index contributed by atoms with van der Waals surface area (Å²) >= 11 is 1.03. The van der Waals surface area contributed by atoms with E-state index in [4.69, 9.17) is 9.63 Å². The van der Waals surface area contributed by atoms with Gasteiger partial charge in [-0.2, -0.15) is 4.98 Å². The summed E-state index contributed by atoms with van der Waals surface area (Å²) in [5.41, 5.74) is -0.175. The van der Waals surface area contributed by atoms with Crippen LogP contribution in [0.2, 0.25) is 0 Å². The Morgan fingerprint density at radius 2 is 2.21 bits per heavy atom. The SMILES string of the molecule is CC(C)(C)c1noc(SCC(=O)O)n1. The van der Waals surface area contributed by atoms with Crippen LogP contribution in [0.3, 0.4) is 0 Å². The molecule has 0 amide bonds. The highest BCUT2D eigenvalue weighted by Gasteiger charge is 2.21. The van der Waals surface area contributed by atoms with Crippen molar-refractivity contribution in [3.05, 3.63) is 5.82 Å². The number of carbonyl (C=O) groups is 1. The van der Waals surface area contributed by atoms with E-state index < -0.39 is 5.97 Å². The Labute approximate surface area is 85.9 Å². The first-order valence-electron chi connectivity index (χ1n) is 4.08. The van der Waals surface area contributed by atoms with E-state index in [1.54, 1.807) is 0 Å². The Bertz CT molecular complexity index is 330. The molecule has 5 nitrogen and oxygen atoms in total. The largest absolute Gasteiger partial charge is 0.481 e. The molecule has 0 aromatic carbocycles. The normalized spacial score (nSPS) is 11.6. The first kappa shape index (κ1) is 11.0. The van der Waals surface area contributed by atoms with E-state index >= 15 is 0 Å². The molecule has 1 aromatic heterocycles. The average Bonchev–Trinajstić information content (AvgIpc) is 2.47. The van der Waals surface area contributed by atoms with Crippen LogP contribution < -0.4 is 0 Å². The number of aromatic nitrogens is 2. The maximum atomic E-state index is 10.3. The van der Waals surface area contributed by atoms with Gasteiger partial charge in [-0.3, -0.25) is 4.79 Å². The zero-order chi connectivity index (χ0) is 10.8. The zero-order valence-electron chi connectivity index (χ0n) is 8.27. The summed E-state index contributed by atoms with van der Waals surface area (Å²) in [7, 11) is 0. The summed E-state index contributed by atoms with van der Waals surface area (Å²) in [5, 5.41) is 12.5.